The van der Waals surface area contributed by atoms with Crippen molar-refractivity contribution in [1.82, 2.24) is 19.1 Å². The lowest BCUT2D eigenvalue weighted by atomic mass is 10.2. The topological polar surface area (TPSA) is 82.9 Å². The van der Waals surface area contributed by atoms with E-state index in [-0.39, 0.29) is 6.54 Å². The molecule has 0 atom stereocenters. The molecular formula is C22H16N4O3S. The average molecular weight is 416 g/mol. The van der Waals surface area contributed by atoms with Gasteiger partial charge in [0.1, 0.15) is 11.5 Å². The van der Waals surface area contributed by atoms with E-state index >= 15 is 0 Å². The van der Waals surface area contributed by atoms with Crippen LogP contribution in [0.3, 0.4) is 0 Å². The second-order valence-electron chi connectivity index (χ2n) is 6.72. The third-order valence-corrected chi connectivity index (χ3v) is 5.70. The van der Waals surface area contributed by atoms with Crippen molar-refractivity contribution >= 4 is 22.4 Å². The van der Waals surface area contributed by atoms with E-state index < -0.39 is 11.2 Å². The van der Waals surface area contributed by atoms with E-state index in [9.17, 15) is 9.59 Å². The summed E-state index contributed by atoms with van der Waals surface area (Å²) >= 11 is 1.51. The van der Waals surface area contributed by atoms with Gasteiger partial charge in [0, 0.05) is 6.20 Å². The zero-order valence-corrected chi connectivity index (χ0v) is 16.8. The molecule has 8 heteroatoms. The Morgan fingerprint density at radius 3 is 2.63 bits per heavy atom. The van der Waals surface area contributed by atoms with Gasteiger partial charge in [0.15, 0.2) is 5.65 Å². The number of para-hydroxylation sites is 1. The fraction of sp³-hybridized carbons (Fsp3) is 0.0909. The van der Waals surface area contributed by atoms with Crippen LogP contribution in [0.4, 0.5) is 0 Å². The van der Waals surface area contributed by atoms with E-state index in [1.165, 1.54) is 20.5 Å². The van der Waals surface area contributed by atoms with Gasteiger partial charge in [0.2, 0.25) is 5.89 Å². The molecule has 7 nitrogen and oxygen atoms in total. The molecule has 0 aliphatic carbocycles. The molecule has 0 aliphatic heterocycles. The number of aryl methyl sites for hydroxylation is 1. The van der Waals surface area contributed by atoms with Gasteiger partial charge in [0.05, 0.1) is 22.5 Å². The number of aromatic nitrogens is 4. The van der Waals surface area contributed by atoms with Crippen molar-refractivity contribution in [3.63, 3.8) is 0 Å². The lowest BCUT2D eigenvalue weighted by molar-refractivity contribution is 0.537. The van der Waals surface area contributed by atoms with E-state index in [0.29, 0.717) is 34.1 Å². The van der Waals surface area contributed by atoms with Crippen molar-refractivity contribution in [2.45, 2.75) is 13.5 Å². The van der Waals surface area contributed by atoms with Gasteiger partial charge < -0.3 is 4.42 Å². The third kappa shape index (κ3) is 2.98. The van der Waals surface area contributed by atoms with Crippen LogP contribution >= 0.6 is 11.3 Å². The summed E-state index contributed by atoms with van der Waals surface area (Å²) in [7, 11) is 0. The minimum absolute atomic E-state index is 0.00996. The standard InChI is InChI=1S/C22H16N4O3S/c1-14-17(24-20(29-14)18-10-6-12-30-18)13-25-21(27)16-9-5-11-23-19(16)26(22(25)28)15-7-3-2-4-8-15/h2-12H,13H2,1H3. The van der Waals surface area contributed by atoms with Gasteiger partial charge in [-0.3, -0.25) is 9.36 Å². The van der Waals surface area contributed by atoms with Crippen LogP contribution in [0.1, 0.15) is 11.5 Å². The summed E-state index contributed by atoms with van der Waals surface area (Å²) in [6, 6.07) is 16.3. The fourth-order valence-electron chi connectivity index (χ4n) is 3.37. The number of nitrogens with zero attached hydrogens (tertiary/aromatic N) is 4. The van der Waals surface area contributed by atoms with Crippen LogP contribution in [-0.2, 0) is 6.54 Å². The molecule has 148 valence electrons. The Balaban J connectivity index is 1.71. The first-order valence-electron chi connectivity index (χ1n) is 9.29. The molecule has 0 unspecified atom stereocenters. The van der Waals surface area contributed by atoms with E-state index in [4.69, 9.17) is 4.42 Å². The summed E-state index contributed by atoms with van der Waals surface area (Å²) in [5, 5.41) is 2.30. The van der Waals surface area contributed by atoms with Crippen molar-refractivity contribution in [2.75, 3.05) is 0 Å². The summed E-state index contributed by atoms with van der Waals surface area (Å²) < 4.78 is 8.41. The fourth-order valence-corrected chi connectivity index (χ4v) is 4.01. The monoisotopic (exact) mass is 416 g/mol. The third-order valence-electron chi connectivity index (χ3n) is 4.84. The SMILES string of the molecule is Cc1oc(-c2cccs2)nc1Cn1c(=O)c2cccnc2n(-c2ccccc2)c1=O. The zero-order chi connectivity index (χ0) is 20.7. The molecule has 0 amide bonds. The Morgan fingerprint density at radius 1 is 1.03 bits per heavy atom. The molecule has 30 heavy (non-hydrogen) atoms. The lowest BCUT2D eigenvalue weighted by Crippen LogP contribution is -2.40. The predicted molar refractivity (Wildman–Crippen MR) is 115 cm³/mol. The molecule has 5 aromatic rings. The second kappa shape index (κ2) is 7.23. The van der Waals surface area contributed by atoms with Crippen LogP contribution in [0.2, 0.25) is 0 Å². The highest BCUT2D eigenvalue weighted by molar-refractivity contribution is 7.13. The number of thiophene rings is 1. The van der Waals surface area contributed by atoms with Crippen LogP contribution in [0.5, 0.6) is 0 Å². The Bertz CT molecular complexity index is 1460. The average Bonchev–Trinajstić information content (AvgIpc) is 3.42. The maximum absolute atomic E-state index is 13.4. The highest BCUT2D eigenvalue weighted by atomic mass is 32.1. The van der Waals surface area contributed by atoms with Gasteiger partial charge in [-0.15, -0.1) is 11.3 Å². The number of oxazole rings is 1. The van der Waals surface area contributed by atoms with Crippen molar-refractivity contribution in [3.05, 3.63) is 98.5 Å². The maximum atomic E-state index is 13.4. The first-order valence-corrected chi connectivity index (χ1v) is 10.2. The smallest absolute Gasteiger partial charge is 0.337 e. The predicted octanol–water partition coefficient (Wildman–Crippen LogP) is 3.62. The quantitative estimate of drug-likeness (QED) is 0.447. The molecule has 4 heterocycles. The minimum atomic E-state index is -0.475. The van der Waals surface area contributed by atoms with Crippen LogP contribution < -0.4 is 11.2 Å². The Kier molecular flexibility index (Phi) is 4.40. The molecule has 0 fully saturated rings. The minimum Gasteiger partial charge on any atom is -0.440 e. The first kappa shape index (κ1) is 18.3. The van der Waals surface area contributed by atoms with Gasteiger partial charge in [-0.1, -0.05) is 24.3 Å². The molecule has 4 aromatic heterocycles. The summed E-state index contributed by atoms with van der Waals surface area (Å²) in [6.45, 7) is 1.79. The highest BCUT2D eigenvalue weighted by Gasteiger charge is 2.19. The van der Waals surface area contributed by atoms with Gasteiger partial charge in [-0.05, 0) is 42.6 Å². The van der Waals surface area contributed by atoms with Crippen molar-refractivity contribution in [3.8, 4) is 16.5 Å². The van der Waals surface area contributed by atoms with E-state index in [1.807, 2.05) is 35.7 Å². The molecule has 5 rings (SSSR count). The van der Waals surface area contributed by atoms with Crippen molar-refractivity contribution < 1.29 is 4.42 Å². The van der Waals surface area contributed by atoms with E-state index in [2.05, 4.69) is 9.97 Å². The molecule has 0 saturated carbocycles. The molecule has 0 aliphatic rings. The number of fused-ring (bicyclic) bond motifs is 1. The summed E-state index contributed by atoms with van der Waals surface area (Å²) in [4.78, 5) is 36.2. The van der Waals surface area contributed by atoms with E-state index in [1.54, 1.807) is 37.4 Å². The summed E-state index contributed by atoms with van der Waals surface area (Å²) in [6.07, 6.45) is 1.57. The lowest BCUT2D eigenvalue weighted by Gasteiger charge is -2.12. The molecule has 0 spiro atoms. The van der Waals surface area contributed by atoms with Gasteiger partial charge >= 0.3 is 5.69 Å². The Hall–Kier alpha value is -3.78. The van der Waals surface area contributed by atoms with Crippen molar-refractivity contribution in [1.29, 1.82) is 0 Å². The van der Waals surface area contributed by atoms with Gasteiger partial charge in [0.25, 0.3) is 5.56 Å². The van der Waals surface area contributed by atoms with Gasteiger partial charge in [-0.2, -0.15) is 0 Å². The van der Waals surface area contributed by atoms with Crippen LogP contribution in [0.25, 0.3) is 27.5 Å². The Morgan fingerprint density at radius 2 is 1.87 bits per heavy atom. The number of pyridine rings is 1. The number of rotatable bonds is 4. The molecule has 1 aromatic carbocycles. The van der Waals surface area contributed by atoms with Crippen LogP contribution in [0.15, 0.2) is 80.2 Å². The Labute approximate surface area is 174 Å². The zero-order valence-electron chi connectivity index (χ0n) is 16.0. The summed E-state index contributed by atoms with van der Waals surface area (Å²) in [5.74, 6) is 1.05. The normalized spacial score (nSPS) is 11.2. The molecule has 0 saturated heterocycles. The van der Waals surface area contributed by atoms with Gasteiger partial charge in [-0.25, -0.2) is 19.3 Å². The molecule has 0 N–H and O–H groups in total. The number of hydrogen-bond donors (Lipinski definition) is 0. The maximum Gasteiger partial charge on any atom is 0.337 e. The highest BCUT2D eigenvalue weighted by Crippen LogP contribution is 2.26. The first-order chi connectivity index (χ1) is 14.6. The van der Waals surface area contributed by atoms with Crippen LogP contribution in [0, 0.1) is 6.92 Å². The second-order valence-corrected chi connectivity index (χ2v) is 7.67. The van der Waals surface area contributed by atoms with Crippen molar-refractivity contribution in [2.24, 2.45) is 0 Å². The molecule has 0 radical (unpaired) electrons. The van der Waals surface area contributed by atoms with E-state index in [0.717, 1.165) is 4.88 Å². The molecular weight excluding hydrogens is 400 g/mol. The number of hydrogen-bond acceptors (Lipinski definition) is 6. The van der Waals surface area contributed by atoms with Crippen LogP contribution in [-0.4, -0.2) is 19.1 Å². The largest absolute Gasteiger partial charge is 0.440 e. The molecule has 0 bridgehead atoms. The summed E-state index contributed by atoms with van der Waals surface area (Å²) in [5.41, 5.74) is 0.621. The number of benzene rings is 1.